The maximum atomic E-state index is 11.3. The summed E-state index contributed by atoms with van der Waals surface area (Å²) < 4.78 is 5.28. The molecule has 1 aromatic rings. The summed E-state index contributed by atoms with van der Waals surface area (Å²) in [5, 5.41) is 11.7. The van der Waals surface area contributed by atoms with Gasteiger partial charge in [-0.05, 0) is 42.0 Å². The number of ether oxygens (including phenoxy) is 1. The lowest BCUT2D eigenvalue weighted by Gasteiger charge is -2.19. The van der Waals surface area contributed by atoms with E-state index in [4.69, 9.17) is 9.84 Å². The molecule has 5 nitrogen and oxygen atoms in total. The molecule has 1 aliphatic carbocycles. The minimum Gasteiger partial charge on any atom is -0.482 e. The quantitative estimate of drug-likeness (QED) is 0.813. The first-order chi connectivity index (χ1) is 9.13. The number of anilines is 1. The molecule has 5 heteroatoms. The van der Waals surface area contributed by atoms with Crippen LogP contribution in [0.3, 0.4) is 0 Å². The molecular weight excluding hydrogens is 246 g/mol. The number of carboxylic acids is 1. The van der Waals surface area contributed by atoms with Crippen LogP contribution in [-0.4, -0.2) is 23.6 Å². The summed E-state index contributed by atoms with van der Waals surface area (Å²) in [5.74, 6) is -0.206. The van der Waals surface area contributed by atoms with Crippen LogP contribution in [0.1, 0.15) is 18.4 Å². The van der Waals surface area contributed by atoms with Crippen molar-refractivity contribution < 1.29 is 19.4 Å². The summed E-state index contributed by atoms with van der Waals surface area (Å²) in [6.07, 6.45) is 3.28. The Labute approximate surface area is 109 Å². The van der Waals surface area contributed by atoms with Gasteiger partial charge in [0.2, 0.25) is 0 Å². The van der Waals surface area contributed by atoms with Crippen molar-refractivity contribution in [2.45, 2.75) is 12.8 Å². The van der Waals surface area contributed by atoms with Crippen molar-refractivity contribution in [3.8, 4) is 5.75 Å². The molecule has 2 N–H and O–H groups in total. The summed E-state index contributed by atoms with van der Waals surface area (Å²) in [4.78, 5) is 22.2. The molecule has 0 radical (unpaired) electrons. The average Bonchev–Trinajstić information content (AvgIpc) is 3.19. The molecule has 1 saturated carbocycles. The fourth-order valence-electron chi connectivity index (χ4n) is 2.23. The van der Waals surface area contributed by atoms with Gasteiger partial charge in [-0.1, -0.05) is 6.07 Å². The summed E-state index contributed by atoms with van der Waals surface area (Å²) >= 11 is 0. The first kappa shape index (κ1) is 11.8. The Hall–Kier alpha value is -2.30. The first-order valence-electron chi connectivity index (χ1n) is 6.15. The number of fused-ring (bicyclic) bond motifs is 1. The number of rotatable bonds is 3. The van der Waals surface area contributed by atoms with Crippen molar-refractivity contribution in [1.82, 2.24) is 0 Å². The third-order valence-electron chi connectivity index (χ3n) is 3.24. The molecule has 19 heavy (non-hydrogen) atoms. The lowest BCUT2D eigenvalue weighted by atomic mass is 10.00. The van der Waals surface area contributed by atoms with Gasteiger partial charge in [-0.2, -0.15) is 0 Å². The van der Waals surface area contributed by atoms with Gasteiger partial charge in [-0.3, -0.25) is 4.79 Å². The number of amides is 1. The Bertz CT molecular complexity index is 587. The zero-order chi connectivity index (χ0) is 13.4. The largest absolute Gasteiger partial charge is 0.482 e. The number of benzene rings is 1. The van der Waals surface area contributed by atoms with Crippen molar-refractivity contribution in [2.24, 2.45) is 5.92 Å². The van der Waals surface area contributed by atoms with Crippen molar-refractivity contribution >= 4 is 23.1 Å². The molecule has 1 aromatic carbocycles. The SMILES string of the molecule is O=C(O)/C=C(/c1ccc2c(c1)NC(=O)CO2)C1CC1. The molecule has 3 rings (SSSR count). The van der Waals surface area contributed by atoms with Crippen molar-refractivity contribution in [1.29, 1.82) is 0 Å². The zero-order valence-corrected chi connectivity index (χ0v) is 10.2. The Morgan fingerprint density at radius 2 is 2.21 bits per heavy atom. The number of carbonyl (C=O) groups excluding carboxylic acids is 1. The molecule has 2 aliphatic rings. The number of allylic oxidation sites excluding steroid dienone is 1. The maximum absolute atomic E-state index is 11.3. The molecule has 0 aromatic heterocycles. The predicted molar refractivity (Wildman–Crippen MR) is 68.9 cm³/mol. The van der Waals surface area contributed by atoms with Crippen LogP contribution in [0.2, 0.25) is 0 Å². The van der Waals surface area contributed by atoms with E-state index in [0.717, 1.165) is 24.0 Å². The van der Waals surface area contributed by atoms with Crippen LogP contribution < -0.4 is 10.1 Å². The van der Waals surface area contributed by atoms with Crippen LogP contribution in [0.15, 0.2) is 24.3 Å². The number of carboxylic acid groups (broad SMARTS) is 1. The normalized spacial score (nSPS) is 18.3. The Morgan fingerprint density at radius 1 is 1.42 bits per heavy atom. The van der Waals surface area contributed by atoms with E-state index >= 15 is 0 Å². The van der Waals surface area contributed by atoms with Gasteiger partial charge in [0.1, 0.15) is 5.75 Å². The van der Waals surface area contributed by atoms with Crippen molar-refractivity contribution in [3.63, 3.8) is 0 Å². The molecule has 0 saturated heterocycles. The minimum absolute atomic E-state index is 0.0206. The van der Waals surface area contributed by atoms with Gasteiger partial charge in [0.05, 0.1) is 5.69 Å². The summed E-state index contributed by atoms with van der Waals surface area (Å²) in [5.41, 5.74) is 2.25. The highest BCUT2D eigenvalue weighted by Crippen LogP contribution is 2.43. The number of hydrogen-bond acceptors (Lipinski definition) is 3. The van der Waals surface area contributed by atoms with Crippen molar-refractivity contribution in [3.05, 3.63) is 29.8 Å². The van der Waals surface area contributed by atoms with Gasteiger partial charge in [0.15, 0.2) is 6.61 Å². The third-order valence-corrected chi connectivity index (χ3v) is 3.24. The topological polar surface area (TPSA) is 75.6 Å². The third kappa shape index (κ3) is 2.45. The van der Waals surface area contributed by atoms with E-state index in [1.807, 2.05) is 6.07 Å². The summed E-state index contributed by atoms with van der Waals surface area (Å²) in [7, 11) is 0. The van der Waals surface area contributed by atoms with E-state index in [0.29, 0.717) is 17.4 Å². The van der Waals surface area contributed by atoms with E-state index in [1.165, 1.54) is 6.08 Å². The Morgan fingerprint density at radius 3 is 2.89 bits per heavy atom. The van der Waals surface area contributed by atoms with E-state index in [2.05, 4.69) is 5.32 Å². The van der Waals surface area contributed by atoms with Gasteiger partial charge in [0.25, 0.3) is 5.91 Å². The zero-order valence-electron chi connectivity index (χ0n) is 10.2. The second-order valence-electron chi connectivity index (χ2n) is 4.76. The van der Waals surface area contributed by atoms with Crippen LogP contribution in [0.25, 0.3) is 5.57 Å². The van der Waals surface area contributed by atoms with Gasteiger partial charge >= 0.3 is 5.97 Å². The van der Waals surface area contributed by atoms with Gasteiger partial charge in [-0.15, -0.1) is 0 Å². The average molecular weight is 259 g/mol. The minimum atomic E-state index is -0.945. The van der Waals surface area contributed by atoms with Crippen LogP contribution in [0.4, 0.5) is 5.69 Å². The second-order valence-corrected chi connectivity index (χ2v) is 4.76. The first-order valence-corrected chi connectivity index (χ1v) is 6.15. The second kappa shape index (κ2) is 4.42. The van der Waals surface area contributed by atoms with Crippen LogP contribution >= 0.6 is 0 Å². The fourth-order valence-corrected chi connectivity index (χ4v) is 2.23. The fraction of sp³-hybridized carbons (Fsp3) is 0.286. The molecule has 0 bridgehead atoms. The summed E-state index contributed by atoms with van der Waals surface area (Å²) in [6.45, 7) is 0.0206. The molecule has 1 heterocycles. The van der Waals surface area contributed by atoms with Crippen LogP contribution in [0.5, 0.6) is 5.75 Å². The van der Waals surface area contributed by atoms with Crippen LogP contribution in [0, 0.1) is 5.92 Å². The van der Waals surface area contributed by atoms with Crippen LogP contribution in [-0.2, 0) is 9.59 Å². The molecular formula is C14H13NO4. The van der Waals surface area contributed by atoms with Gasteiger partial charge in [-0.25, -0.2) is 4.79 Å². The highest BCUT2D eigenvalue weighted by Gasteiger charge is 2.28. The Kier molecular flexibility index (Phi) is 2.74. The summed E-state index contributed by atoms with van der Waals surface area (Å²) in [6, 6.07) is 5.38. The van der Waals surface area contributed by atoms with E-state index in [9.17, 15) is 9.59 Å². The number of carbonyl (C=O) groups is 2. The molecule has 1 fully saturated rings. The lowest BCUT2D eigenvalue weighted by Crippen LogP contribution is -2.25. The molecule has 0 unspecified atom stereocenters. The molecule has 0 spiro atoms. The monoisotopic (exact) mass is 259 g/mol. The molecule has 1 aliphatic heterocycles. The highest BCUT2D eigenvalue weighted by atomic mass is 16.5. The number of hydrogen-bond donors (Lipinski definition) is 2. The Balaban J connectivity index is 1.98. The molecule has 98 valence electrons. The highest BCUT2D eigenvalue weighted by molar-refractivity contribution is 5.97. The lowest BCUT2D eigenvalue weighted by molar-refractivity contribution is -0.131. The van der Waals surface area contributed by atoms with Crippen molar-refractivity contribution in [2.75, 3.05) is 11.9 Å². The molecule has 1 amide bonds. The van der Waals surface area contributed by atoms with Gasteiger partial charge < -0.3 is 15.2 Å². The standard InChI is InChI=1S/C14H13NO4/c16-13-7-19-12-4-3-9(5-11(12)15-13)10(6-14(17)18)8-1-2-8/h3-6,8H,1-2,7H2,(H,15,16)(H,17,18)/b10-6+. The maximum Gasteiger partial charge on any atom is 0.328 e. The predicted octanol–water partition coefficient (Wildman–Crippen LogP) is 1.90. The van der Waals surface area contributed by atoms with E-state index < -0.39 is 5.97 Å². The van der Waals surface area contributed by atoms with E-state index in [-0.39, 0.29) is 12.5 Å². The number of nitrogens with one attached hydrogen (secondary N) is 1. The van der Waals surface area contributed by atoms with E-state index in [1.54, 1.807) is 12.1 Å². The smallest absolute Gasteiger partial charge is 0.328 e. The van der Waals surface area contributed by atoms with Gasteiger partial charge in [0, 0.05) is 6.08 Å². The molecule has 0 atom stereocenters. The number of aliphatic carboxylic acids is 1.